The zero-order valence-electron chi connectivity index (χ0n) is 9.80. The van der Waals surface area contributed by atoms with E-state index in [1.165, 1.54) is 0 Å². The quantitative estimate of drug-likeness (QED) is 0.466. The molecular weight excluding hydrogens is 357 g/mol. The Labute approximate surface area is 118 Å². The molecule has 0 aliphatic heterocycles. The molecule has 10 heteroatoms. The lowest BCUT2D eigenvalue weighted by Gasteiger charge is -2.17. The van der Waals surface area contributed by atoms with Crippen LogP contribution in [0, 0.1) is 0 Å². The Morgan fingerprint density at radius 3 is 2.45 bits per heavy atom. The zero-order chi connectivity index (χ0) is 15.5. The minimum atomic E-state index is -5.24. The Bertz CT molecular complexity index is 506. The number of pyridine rings is 1. The molecule has 112 valence electrons. The van der Waals surface area contributed by atoms with Crippen LogP contribution in [0.25, 0.3) is 0 Å². The van der Waals surface area contributed by atoms with Crippen LogP contribution in [0.4, 0.5) is 22.0 Å². The van der Waals surface area contributed by atoms with Gasteiger partial charge in [0.25, 0.3) is 6.43 Å². The highest BCUT2D eigenvalue weighted by Crippen LogP contribution is 2.38. The fraction of sp³-hybridized carbons (Fsp3) is 0.400. The van der Waals surface area contributed by atoms with Crippen LogP contribution in [-0.4, -0.2) is 24.4 Å². The fourth-order valence-electron chi connectivity index (χ4n) is 1.36. The number of aromatic nitrogens is 1. The number of carbonyl (C=O) groups is 1. The first-order valence-corrected chi connectivity index (χ1v) is 6.03. The summed E-state index contributed by atoms with van der Waals surface area (Å²) in [6.07, 6.45) is -7.86. The molecule has 1 rings (SSSR count). The maximum atomic E-state index is 12.9. The maximum Gasteiger partial charge on any atom is 0.573 e. The summed E-state index contributed by atoms with van der Waals surface area (Å²) < 4.78 is 70.6. The van der Waals surface area contributed by atoms with E-state index in [-0.39, 0.29) is 11.0 Å². The second-order valence-corrected chi connectivity index (χ2v) is 3.90. The van der Waals surface area contributed by atoms with Crippen LogP contribution in [0.3, 0.4) is 0 Å². The molecule has 0 bridgehead atoms. The number of esters is 1. The van der Waals surface area contributed by atoms with Gasteiger partial charge in [-0.3, -0.25) is 4.98 Å². The predicted molar refractivity (Wildman–Crippen MR) is 59.8 cm³/mol. The summed E-state index contributed by atoms with van der Waals surface area (Å²) in [6, 6.07) is 0. The lowest BCUT2D eigenvalue weighted by molar-refractivity contribution is -0.275. The minimum absolute atomic E-state index is 0.234. The molecule has 0 aliphatic carbocycles. The standard InChI is InChI=1S/C10H7BrF5NO3/c1-19-9(18)4-3-17-5(2-11)6(8(12)13)7(4)20-10(14,15)16/h3,8H,2H2,1H3. The first-order chi connectivity index (χ1) is 9.21. The molecule has 0 radical (unpaired) electrons. The molecule has 4 nitrogen and oxygen atoms in total. The van der Waals surface area contributed by atoms with Crippen LogP contribution in [0.5, 0.6) is 5.75 Å². The van der Waals surface area contributed by atoms with E-state index in [1.54, 1.807) is 0 Å². The Hall–Kier alpha value is -1.45. The number of nitrogens with zero attached hydrogens (tertiary/aromatic N) is 1. The Kier molecular flexibility index (Phi) is 5.26. The highest BCUT2D eigenvalue weighted by molar-refractivity contribution is 9.08. The predicted octanol–water partition coefficient (Wildman–Crippen LogP) is 3.60. The summed E-state index contributed by atoms with van der Waals surface area (Å²) in [4.78, 5) is 14.8. The monoisotopic (exact) mass is 363 g/mol. The molecule has 0 saturated heterocycles. The highest BCUT2D eigenvalue weighted by atomic mass is 79.9. The van der Waals surface area contributed by atoms with Gasteiger partial charge in [-0.2, -0.15) is 0 Å². The third-order valence-corrected chi connectivity index (χ3v) is 2.65. The molecule has 0 atom stereocenters. The topological polar surface area (TPSA) is 48.4 Å². The summed E-state index contributed by atoms with van der Waals surface area (Å²) >= 11 is 2.82. The number of carbonyl (C=O) groups excluding carboxylic acids is 1. The number of rotatable bonds is 4. The van der Waals surface area contributed by atoms with Gasteiger partial charge in [0.1, 0.15) is 5.56 Å². The van der Waals surface area contributed by atoms with E-state index in [2.05, 4.69) is 30.4 Å². The van der Waals surface area contributed by atoms with Crippen molar-refractivity contribution in [2.45, 2.75) is 18.1 Å². The van der Waals surface area contributed by atoms with E-state index < -0.39 is 35.6 Å². The molecule has 0 spiro atoms. The van der Waals surface area contributed by atoms with Crippen molar-refractivity contribution in [1.29, 1.82) is 0 Å². The average Bonchev–Trinajstić information content (AvgIpc) is 2.34. The smallest absolute Gasteiger partial charge is 0.465 e. The van der Waals surface area contributed by atoms with Crippen LogP contribution in [0.1, 0.15) is 28.0 Å². The van der Waals surface area contributed by atoms with Crippen molar-refractivity contribution in [3.05, 3.63) is 23.0 Å². The van der Waals surface area contributed by atoms with Crippen LogP contribution in [0.2, 0.25) is 0 Å². The molecule has 0 unspecified atom stereocenters. The SMILES string of the molecule is COC(=O)c1cnc(CBr)c(C(F)F)c1OC(F)(F)F. The Morgan fingerprint density at radius 2 is 2.05 bits per heavy atom. The molecule has 1 aromatic heterocycles. The third kappa shape index (κ3) is 3.78. The number of hydrogen-bond acceptors (Lipinski definition) is 4. The van der Waals surface area contributed by atoms with Gasteiger partial charge in [0.15, 0.2) is 5.75 Å². The summed E-state index contributed by atoms with van der Waals surface area (Å²) in [6.45, 7) is 0. The van der Waals surface area contributed by atoms with Gasteiger partial charge in [-0.1, -0.05) is 15.9 Å². The van der Waals surface area contributed by atoms with Crippen molar-refractivity contribution in [3.8, 4) is 5.75 Å². The van der Waals surface area contributed by atoms with Gasteiger partial charge in [0, 0.05) is 11.5 Å². The van der Waals surface area contributed by atoms with E-state index in [0.29, 0.717) is 6.20 Å². The lowest BCUT2D eigenvalue weighted by Crippen LogP contribution is -2.21. The summed E-state index contributed by atoms with van der Waals surface area (Å²) in [5.74, 6) is -2.57. The average molecular weight is 364 g/mol. The summed E-state index contributed by atoms with van der Waals surface area (Å²) in [7, 11) is 0.889. The summed E-state index contributed by atoms with van der Waals surface area (Å²) in [5, 5.41) is -0.234. The van der Waals surface area contributed by atoms with Gasteiger partial charge in [0.2, 0.25) is 0 Å². The second-order valence-electron chi connectivity index (χ2n) is 3.34. The molecule has 0 aromatic carbocycles. The van der Waals surface area contributed by atoms with Crippen molar-refractivity contribution >= 4 is 21.9 Å². The van der Waals surface area contributed by atoms with Crippen LogP contribution >= 0.6 is 15.9 Å². The van der Waals surface area contributed by atoms with Gasteiger partial charge >= 0.3 is 12.3 Å². The number of hydrogen-bond donors (Lipinski definition) is 0. The number of methoxy groups -OCH3 is 1. The molecule has 1 heterocycles. The Morgan fingerprint density at radius 1 is 1.45 bits per heavy atom. The van der Waals surface area contributed by atoms with E-state index in [4.69, 9.17) is 0 Å². The number of alkyl halides is 6. The molecule has 0 saturated carbocycles. The second kappa shape index (κ2) is 6.33. The normalized spacial score (nSPS) is 11.6. The van der Waals surface area contributed by atoms with Gasteiger partial charge in [0.05, 0.1) is 18.4 Å². The first-order valence-electron chi connectivity index (χ1n) is 4.91. The van der Waals surface area contributed by atoms with Gasteiger partial charge < -0.3 is 9.47 Å². The van der Waals surface area contributed by atoms with E-state index in [9.17, 15) is 26.7 Å². The third-order valence-electron chi connectivity index (χ3n) is 2.12. The largest absolute Gasteiger partial charge is 0.573 e. The molecule has 1 aromatic rings. The van der Waals surface area contributed by atoms with Gasteiger partial charge in [-0.15, -0.1) is 13.2 Å². The lowest BCUT2D eigenvalue weighted by atomic mass is 10.1. The van der Waals surface area contributed by atoms with Gasteiger partial charge in [-0.05, 0) is 0 Å². The highest BCUT2D eigenvalue weighted by Gasteiger charge is 2.37. The molecule has 0 fully saturated rings. The van der Waals surface area contributed by atoms with E-state index in [1.807, 2.05) is 0 Å². The zero-order valence-corrected chi connectivity index (χ0v) is 11.4. The Balaban J connectivity index is 3.54. The molecule has 20 heavy (non-hydrogen) atoms. The van der Waals surface area contributed by atoms with E-state index >= 15 is 0 Å². The summed E-state index contributed by atoms with van der Waals surface area (Å²) in [5.41, 5.74) is -2.31. The number of ether oxygens (including phenoxy) is 2. The van der Waals surface area contributed by atoms with Crippen molar-refractivity contribution in [2.24, 2.45) is 0 Å². The first kappa shape index (κ1) is 16.6. The van der Waals surface area contributed by atoms with Gasteiger partial charge in [-0.25, -0.2) is 13.6 Å². The van der Waals surface area contributed by atoms with Crippen LogP contribution in [-0.2, 0) is 10.1 Å². The van der Waals surface area contributed by atoms with Crippen LogP contribution in [0.15, 0.2) is 6.20 Å². The number of halogens is 6. The van der Waals surface area contributed by atoms with Crippen LogP contribution < -0.4 is 4.74 Å². The van der Waals surface area contributed by atoms with E-state index in [0.717, 1.165) is 7.11 Å². The molecule has 0 N–H and O–H groups in total. The van der Waals surface area contributed by atoms with Crippen molar-refractivity contribution in [3.63, 3.8) is 0 Å². The fourth-order valence-corrected chi connectivity index (χ4v) is 1.81. The molecule has 0 aliphatic rings. The van der Waals surface area contributed by atoms with Crippen molar-refractivity contribution in [1.82, 2.24) is 4.98 Å². The maximum absolute atomic E-state index is 12.9. The molecule has 0 amide bonds. The van der Waals surface area contributed by atoms with Crippen molar-refractivity contribution in [2.75, 3.05) is 7.11 Å². The molecular formula is C10H7BrF5NO3. The van der Waals surface area contributed by atoms with Crippen molar-refractivity contribution < 1.29 is 36.2 Å². The minimum Gasteiger partial charge on any atom is -0.465 e.